The molecule has 2 rings (SSSR count). The van der Waals surface area contributed by atoms with Crippen molar-refractivity contribution < 1.29 is 0 Å². The third-order valence-electron chi connectivity index (χ3n) is 3.51. The molecule has 0 aliphatic rings. The summed E-state index contributed by atoms with van der Waals surface area (Å²) >= 11 is 0. The first-order valence-corrected chi connectivity index (χ1v) is 8.88. The quantitative estimate of drug-likeness (QED) is 0.591. The van der Waals surface area contributed by atoms with E-state index in [-0.39, 0.29) is 0 Å². The van der Waals surface area contributed by atoms with Gasteiger partial charge in [-0.25, -0.2) is 0 Å². The molecule has 2 unspecified atom stereocenters. The molecule has 0 aliphatic heterocycles. The van der Waals surface area contributed by atoms with Crippen molar-refractivity contribution in [1.82, 2.24) is 5.32 Å². The summed E-state index contributed by atoms with van der Waals surface area (Å²) in [5.74, 6) is 3.12. The zero-order valence-electron chi connectivity index (χ0n) is 12.5. The molecular formula is C19H22NP. The minimum atomic E-state index is 0.423. The molecule has 2 heteroatoms. The van der Waals surface area contributed by atoms with E-state index in [0.717, 1.165) is 28.0 Å². The fourth-order valence-electron chi connectivity index (χ4n) is 2.30. The molecule has 0 fully saturated rings. The standard InChI is InChI=1S/C19H22NP/c1-3-4-8-16-11-13-18(14-12-16)19(21-2)20-15-17-9-6-5-7-10-17/h1,5-7,9-14,19-21H,4,8,15H2,2H3. The molecule has 2 atom stereocenters. The molecule has 0 bridgehead atoms. The van der Waals surface area contributed by atoms with E-state index in [1.807, 2.05) is 0 Å². The average molecular weight is 295 g/mol. The first-order chi connectivity index (χ1) is 10.3. The van der Waals surface area contributed by atoms with Gasteiger partial charge in [0, 0.05) is 18.7 Å². The van der Waals surface area contributed by atoms with Crippen molar-refractivity contribution in [3.63, 3.8) is 0 Å². The lowest BCUT2D eigenvalue weighted by Gasteiger charge is -2.18. The van der Waals surface area contributed by atoms with Gasteiger partial charge in [0.05, 0.1) is 0 Å². The maximum absolute atomic E-state index is 5.31. The Hall–Kier alpha value is -1.61. The molecule has 0 heterocycles. The highest BCUT2D eigenvalue weighted by Gasteiger charge is 2.08. The number of hydrogen-bond acceptors (Lipinski definition) is 1. The summed E-state index contributed by atoms with van der Waals surface area (Å²) < 4.78 is 0. The van der Waals surface area contributed by atoms with Gasteiger partial charge in [0.25, 0.3) is 0 Å². The van der Waals surface area contributed by atoms with E-state index in [0.29, 0.717) is 5.78 Å². The molecule has 0 radical (unpaired) electrons. The zero-order valence-corrected chi connectivity index (χ0v) is 13.5. The zero-order chi connectivity index (χ0) is 14.9. The van der Waals surface area contributed by atoms with Crippen LogP contribution in [0.2, 0.25) is 0 Å². The summed E-state index contributed by atoms with van der Waals surface area (Å²) in [6, 6.07) is 19.4. The minimum Gasteiger partial charge on any atom is -0.303 e. The van der Waals surface area contributed by atoms with E-state index in [9.17, 15) is 0 Å². The van der Waals surface area contributed by atoms with Gasteiger partial charge >= 0.3 is 0 Å². The van der Waals surface area contributed by atoms with E-state index in [1.165, 1.54) is 16.7 Å². The molecule has 1 nitrogen and oxygen atoms in total. The molecule has 108 valence electrons. The molecule has 0 aliphatic carbocycles. The Morgan fingerprint density at radius 3 is 2.38 bits per heavy atom. The summed E-state index contributed by atoms with van der Waals surface area (Å²) in [5.41, 5.74) is 4.00. The number of benzene rings is 2. The molecule has 1 N–H and O–H groups in total. The van der Waals surface area contributed by atoms with Crippen molar-refractivity contribution in [2.45, 2.75) is 25.2 Å². The van der Waals surface area contributed by atoms with Gasteiger partial charge in [0.1, 0.15) is 0 Å². The molecule has 0 spiro atoms. The Kier molecular flexibility index (Phi) is 6.48. The largest absolute Gasteiger partial charge is 0.303 e. The van der Waals surface area contributed by atoms with Crippen LogP contribution >= 0.6 is 8.58 Å². The van der Waals surface area contributed by atoms with E-state index >= 15 is 0 Å². The number of terminal acetylenes is 1. The first-order valence-electron chi connectivity index (χ1n) is 7.30. The normalized spacial score (nSPS) is 12.4. The maximum Gasteiger partial charge on any atom is 0.0492 e. The SMILES string of the molecule is C#CCCc1ccc(C(NCc2ccccc2)PC)cc1. The molecule has 2 aromatic carbocycles. The summed E-state index contributed by atoms with van der Waals surface area (Å²) in [6.45, 7) is 3.15. The average Bonchev–Trinajstić information content (AvgIpc) is 2.55. The van der Waals surface area contributed by atoms with Gasteiger partial charge in [-0.1, -0.05) is 54.6 Å². The van der Waals surface area contributed by atoms with Gasteiger partial charge in [-0.15, -0.1) is 20.9 Å². The number of rotatable bonds is 7. The third-order valence-corrected chi connectivity index (χ3v) is 4.63. The Morgan fingerprint density at radius 2 is 1.76 bits per heavy atom. The van der Waals surface area contributed by atoms with Gasteiger partial charge in [-0.05, 0) is 29.8 Å². The fourth-order valence-corrected chi connectivity index (χ4v) is 3.13. The van der Waals surface area contributed by atoms with Gasteiger partial charge in [0.15, 0.2) is 0 Å². The van der Waals surface area contributed by atoms with Crippen molar-refractivity contribution in [1.29, 1.82) is 0 Å². The highest BCUT2D eigenvalue weighted by molar-refractivity contribution is 7.37. The Balaban J connectivity index is 1.95. The van der Waals surface area contributed by atoms with E-state index < -0.39 is 0 Å². The van der Waals surface area contributed by atoms with Crippen LogP contribution in [0.15, 0.2) is 54.6 Å². The highest BCUT2D eigenvalue weighted by atomic mass is 31.1. The van der Waals surface area contributed by atoms with Gasteiger partial charge < -0.3 is 5.32 Å². The second-order valence-electron chi connectivity index (χ2n) is 5.03. The van der Waals surface area contributed by atoms with Crippen LogP contribution < -0.4 is 5.32 Å². The number of hydrogen-bond donors (Lipinski definition) is 1. The predicted molar refractivity (Wildman–Crippen MR) is 93.9 cm³/mol. The van der Waals surface area contributed by atoms with E-state index in [4.69, 9.17) is 6.42 Å². The Labute approximate surface area is 130 Å². The summed E-state index contributed by atoms with van der Waals surface area (Å²) in [4.78, 5) is 0. The molecule has 0 amide bonds. The summed E-state index contributed by atoms with van der Waals surface area (Å²) in [7, 11) is 0.832. The second-order valence-corrected chi connectivity index (χ2v) is 6.19. The molecule has 21 heavy (non-hydrogen) atoms. The second kappa shape index (κ2) is 8.63. The van der Waals surface area contributed by atoms with Crippen molar-refractivity contribution in [2.75, 3.05) is 6.66 Å². The van der Waals surface area contributed by atoms with Crippen LogP contribution in [-0.2, 0) is 13.0 Å². The Bertz CT molecular complexity index is 569. The maximum atomic E-state index is 5.31. The molecular weight excluding hydrogens is 273 g/mol. The van der Waals surface area contributed by atoms with Crippen LogP contribution in [0, 0.1) is 12.3 Å². The van der Waals surface area contributed by atoms with Gasteiger partial charge in [0.2, 0.25) is 0 Å². The van der Waals surface area contributed by atoms with Crippen molar-refractivity contribution >= 4 is 8.58 Å². The lowest BCUT2D eigenvalue weighted by Crippen LogP contribution is -2.17. The van der Waals surface area contributed by atoms with Gasteiger partial charge in [-0.3, -0.25) is 0 Å². The number of nitrogens with one attached hydrogen (secondary N) is 1. The lowest BCUT2D eigenvalue weighted by molar-refractivity contribution is 0.674. The van der Waals surface area contributed by atoms with Crippen LogP contribution in [0.1, 0.15) is 28.9 Å². The van der Waals surface area contributed by atoms with Crippen LogP contribution in [0.5, 0.6) is 0 Å². The topological polar surface area (TPSA) is 12.0 Å². The van der Waals surface area contributed by atoms with Crippen molar-refractivity contribution in [3.05, 3.63) is 71.3 Å². The van der Waals surface area contributed by atoms with Crippen molar-refractivity contribution in [2.24, 2.45) is 0 Å². The molecule has 0 saturated heterocycles. The third kappa shape index (κ3) is 5.01. The van der Waals surface area contributed by atoms with Crippen LogP contribution in [0.25, 0.3) is 0 Å². The van der Waals surface area contributed by atoms with Gasteiger partial charge in [-0.2, -0.15) is 0 Å². The molecule has 0 saturated carbocycles. The van der Waals surface area contributed by atoms with Crippen LogP contribution in [0.4, 0.5) is 0 Å². The van der Waals surface area contributed by atoms with Crippen LogP contribution in [-0.4, -0.2) is 6.66 Å². The van der Waals surface area contributed by atoms with E-state index in [1.54, 1.807) is 0 Å². The smallest absolute Gasteiger partial charge is 0.0492 e. The van der Waals surface area contributed by atoms with Crippen LogP contribution in [0.3, 0.4) is 0 Å². The van der Waals surface area contributed by atoms with E-state index in [2.05, 4.69) is 72.5 Å². The summed E-state index contributed by atoms with van der Waals surface area (Å²) in [6.07, 6.45) is 7.09. The van der Waals surface area contributed by atoms with Crippen molar-refractivity contribution in [3.8, 4) is 12.3 Å². The Morgan fingerprint density at radius 1 is 1.05 bits per heavy atom. The number of aryl methyl sites for hydroxylation is 1. The fraction of sp³-hybridized carbons (Fsp3) is 0.263. The predicted octanol–water partition coefficient (Wildman–Crippen LogP) is 4.35. The molecule has 0 aromatic heterocycles. The minimum absolute atomic E-state index is 0.423. The highest BCUT2D eigenvalue weighted by Crippen LogP contribution is 2.29. The monoisotopic (exact) mass is 295 g/mol. The first kappa shape index (κ1) is 15.8. The molecule has 2 aromatic rings. The lowest BCUT2D eigenvalue weighted by atomic mass is 10.1. The summed E-state index contributed by atoms with van der Waals surface area (Å²) in [5, 5.41) is 3.64.